The molecular formula is C21H12ClFO5S. The summed E-state index contributed by atoms with van der Waals surface area (Å²) >= 11 is 5.98. The van der Waals surface area contributed by atoms with Gasteiger partial charge in [0.25, 0.3) is 0 Å². The molecule has 29 heavy (non-hydrogen) atoms. The molecule has 0 bridgehead atoms. The van der Waals surface area contributed by atoms with Crippen molar-refractivity contribution in [3.05, 3.63) is 94.5 Å². The fraction of sp³-hybridized carbons (Fsp3) is 0. The van der Waals surface area contributed by atoms with Crippen LogP contribution in [0.2, 0.25) is 5.02 Å². The Balaban J connectivity index is 1.64. The Morgan fingerprint density at radius 3 is 2.48 bits per heavy atom. The summed E-state index contributed by atoms with van der Waals surface area (Å²) in [5.74, 6) is -1.12. The van der Waals surface area contributed by atoms with Crippen molar-refractivity contribution in [1.29, 1.82) is 0 Å². The number of rotatable bonds is 4. The number of ether oxygens (including phenoxy) is 1. The van der Waals surface area contributed by atoms with Crippen LogP contribution in [-0.2, 0) is 10.1 Å². The maximum atomic E-state index is 14.0. The number of carbonyl (C=O) groups is 1. The van der Waals surface area contributed by atoms with Crippen molar-refractivity contribution in [2.45, 2.75) is 4.90 Å². The zero-order valence-corrected chi connectivity index (χ0v) is 16.2. The molecule has 0 spiro atoms. The van der Waals surface area contributed by atoms with Crippen molar-refractivity contribution in [3.63, 3.8) is 0 Å². The van der Waals surface area contributed by atoms with Gasteiger partial charge in [0.1, 0.15) is 22.2 Å². The van der Waals surface area contributed by atoms with Crippen LogP contribution in [-0.4, -0.2) is 14.2 Å². The van der Waals surface area contributed by atoms with Crippen LogP contribution in [0, 0.1) is 5.82 Å². The van der Waals surface area contributed by atoms with Crippen LogP contribution in [0.3, 0.4) is 0 Å². The van der Waals surface area contributed by atoms with Crippen LogP contribution >= 0.6 is 11.6 Å². The van der Waals surface area contributed by atoms with Crippen molar-refractivity contribution in [2.24, 2.45) is 0 Å². The summed E-state index contributed by atoms with van der Waals surface area (Å²) in [5.41, 5.74) is 0.224. The molecule has 5 nitrogen and oxygen atoms in total. The number of ketones is 1. The number of halogens is 2. The van der Waals surface area contributed by atoms with Gasteiger partial charge in [0.15, 0.2) is 5.76 Å². The summed E-state index contributed by atoms with van der Waals surface area (Å²) in [4.78, 5) is 12.5. The van der Waals surface area contributed by atoms with Gasteiger partial charge in [0.2, 0.25) is 5.78 Å². The minimum absolute atomic E-state index is 0.00715. The SMILES string of the molecule is O=C1C(=Cc2c(F)cccc2Cl)Oc2cc(OS(=O)(=O)c3ccccc3)ccc21. The Hall–Kier alpha value is -3.16. The first-order valence-electron chi connectivity index (χ1n) is 8.37. The number of fused-ring (bicyclic) bond motifs is 1. The number of carbonyl (C=O) groups excluding carboxylic acids is 1. The van der Waals surface area contributed by atoms with Crippen molar-refractivity contribution < 1.29 is 26.5 Å². The molecule has 8 heteroatoms. The van der Waals surface area contributed by atoms with Crippen molar-refractivity contribution in [2.75, 3.05) is 0 Å². The van der Waals surface area contributed by atoms with E-state index < -0.39 is 21.7 Å². The van der Waals surface area contributed by atoms with Crippen LogP contribution in [0.15, 0.2) is 77.4 Å². The molecule has 0 aromatic heterocycles. The molecule has 0 fully saturated rings. The second-order valence-electron chi connectivity index (χ2n) is 6.08. The molecule has 0 saturated heterocycles. The summed E-state index contributed by atoms with van der Waals surface area (Å²) in [6.07, 6.45) is 1.21. The van der Waals surface area contributed by atoms with Gasteiger partial charge in [-0.25, -0.2) is 4.39 Å². The van der Waals surface area contributed by atoms with E-state index in [9.17, 15) is 17.6 Å². The normalized spacial score (nSPS) is 14.6. The molecule has 1 aliphatic rings. The lowest BCUT2D eigenvalue weighted by atomic mass is 10.1. The van der Waals surface area contributed by atoms with Crippen LogP contribution in [0.5, 0.6) is 11.5 Å². The standard InChI is InChI=1S/C21H12ClFO5S/c22-17-7-4-8-18(23)16(17)12-20-21(24)15-10-9-13(11-19(15)27-20)28-29(25,26)14-5-2-1-3-6-14/h1-12H. The molecule has 1 aliphatic heterocycles. The minimum Gasteiger partial charge on any atom is -0.452 e. The number of hydrogen-bond donors (Lipinski definition) is 0. The van der Waals surface area contributed by atoms with E-state index in [4.69, 9.17) is 20.5 Å². The van der Waals surface area contributed by atoms with Gasteiger partial charge < -0.3 is 8.92 Å². The molecule has 0 radical (unpaired) electrons. The Labute approximate surface area is 171 Å². The van der Waals surface area contributed by atoms with E-state index in [-0.39, 0.29) is 38.3 Å². The second kappa shape index (κ2) is 7.35. The predicted molar refractivity (Wildman–Crippen MR) is 105 cm³/mol. The third kappa shape index (κ3) is 3.74. The molecular weight excluding hydrogens is 419 g/mol. The van der Waals surface area contributed by atoms with Gasteiger partial charge in [-0.3, -0.25) is 4.79 Å². The number of benzene rings is 3. The quantitative estimate of drug-likeness (QED) is 0.436. The lowest BCUT2D eigenvalue weighted by molar-refractivity contribution is 0.101. The van der Waals surface area contributed by atoms with Gasteiger partial charge in [0.05, 0.1) is 10.6 Å². The Kier molecular flexibility index (Phi) is 4.86. The van der Waals surface area contributed by atoms with Gasteiger partial charge in [-0.2, -0.15) is 8.42 Å². The first-order valence-corrected chi connectivity index (χ1v) is 10.2. The maximum absolute atomic E-state index is 14.0. The zero-order valence-electron chi connectivity index (χ0n) is 14.6. The minimum atomic E-state index is -4.04. The average molecular weight is 431 g/mol. The van der Waals surface area contributed by atoms with Gasteiger partial charge in [-0.05, 0) is 42.5 Å². The highest BCUT2D eigenvalue weighted by Gasteiger charge is 2.29. The first kappa shape index (κ1) is 19.2. The van der Waals surface area contributed by atoms with E-state index in [0.717, 1.165) is 0 Å². The van der Waals surface area contributed by atoms with Crippen LogP contribution in [0.25, 0.3) is 6.08 Å². The van der Waals surface area contributed by atoms with Crippen molar-refractivity contribution in [3.8, 4) is 11.5 Å². The topological polar surface area (TPSA) is 69.7 Å². The molecule has 146 valence electrons. The van der Waals surface area contributed by atoms with E-state index in [1.165, 1.54) is 54.6 Å². The van der Waals surface area contributed by atoms with Crippen LogP contribution in [0.1, 0.15) is 15.9 Å². The van der Waals surface area contributed by atoms with E-state index >= 15 is 0 Å². The van der Waals surface area contributed by atoms with Crippen molar-refractivity contribution in [1.82, 2.24) is 0 Å². The molecule has 0 atom stereocenters. The molecule has 0 unspecified atom stereocenters. The summed E-state index contributed by atoms with van der Waals surface area (Å²) in [7, 11) is -4.04. The monoisotopic (exact) mass is 430 g/mol. The molecule has 3 aromatic carbocycles. The predicted octanol–water partition coefficient (Wildman–Crippen LogP) is 4.86. The largest absolute Gasteiger partial charge is 0.452 e. The number of hydrogen-bond acceptors (Lipinski definition) is 5. The third-order valence-electron chi connectivity index (χ3n) is 4.15. The molecule has 1 heterocycles. The lowest BCUT2D eigenvalue weighted by Gasteiger charge is -2.07. The van der Waals surface area contributed by atoms with Crippen molar-refractivity contribution >= 4 is 33.6 Å². The lowest BCUT2D eigenvalue weighted by Crippen LogP contribution is -2.09. The molecule has 0 amide bonds. The summed E-state index contributed by atoms with van der Waals surface area (Å²) in [6, 6.07) is 15.8. The fourth-order valence-electron chi connectivity index (χ4n) is 2.76. The van der Waals surface area contributed by atoms with Crippen LogP contribution < -0.4 is 8.92 Å². The second-order valence-corrected chi connectivity index (χ2v) is 8.04. The van der Waals surface area contributed by atoms with Gasteiger partial charge in [-0.15, -0.1) is 0 Å². The molecule has 0 aliphatic carbocycles. The molecule has 0 saturated carbocycles. The van der Waals surface area contributed by atoms with Gasteiger partial charge in [0, 0.05) is 11.6 Å². The summed E-state index contributed by atoms with van der Waals surface area (Å²) < 4.78 is 49.3. The van der Waals surface area contributed by atoms with Gasteiger partial charge >= 0.3 is 10.1 Å². The smallest absolute Gasteiger partial charge is 0.339 e. The first-order chi connectivity index (χ1) is 13.8. The van der Waals surface area contributed by atoms with Gasteiger partial charge in [-0.1, -0.05) is 35.9 Å². The number of allylic oxidation sites excluding steroid dienone is 1. The molecule has 4 rings (SSSR count). The highest BCUT2D eigenvalue weighted by molar-refractivity contribution is 7.87. The Morgan fingerprint density at radius 1 is 1.00 bits per heavy atom. The zero-order chi connectivity index (χ0) is 20.6. The van der Waals surface area contributed by atoms with E-state index in [0.29, 0.717) is 0 Å². The number of Topliss-reactive ketones (excluding diaryl/α,β-unsaturated/α-hetero) is 1. The Morgan fingerprint density at radius 2 is 1.76 bits per heavy atom. The molecule has 3 aromatic rings. The molecule has 0 N–H and O–H groups in total. The van der Waals surface area contributed by atoms with E-state index in [1.807, 2.05) is 0 Å². The fourth-order valence-corrected chi connectivity index (χ4v) is 3.92. The maximum Gasteiger partial charge on any atom is 0.339 e. The van der Waals surface area contributed by atoms with Crippen LogP contribution in [0.4, 0.5) is 4.39 Å². The highest BCUT2D eigenvalue weighted by Crippen LogP contribution is 2.36. The average Bonchev–Trinajstić information content (AvgIpc) is 3.00. The summed E-state index contributed by atoms with van der Waals surface area (Å²) in [6.45, 7) is 0. The van der Waals surface area contributed by atoms with E-state index in [2.05, 4.69) is 0 Å². The summed E-state index contributed by atoms with van der Waals surface area (Å²) in [5, 5.41) is 0.128. The Bertz CT molecular complexity index is 1230. The third-order valence-corrected chi connectivity index (χ3v) is 5.75. The van der Waals surface area contributed by atoms with E-state index in [1.54, 1.807) is 18.2 Å². The highest BCUT2D eigenvalue weighted by atomic mass is 35.5.